The molecule has 0 unspecified atom stereocenters. The van der Waals surface area contributed by atoms with Gasteiger partial charge in [0.15, 0.2) is 0 Å². The maximum absolute atomic E-state index is 12.6. The van der Waals surface area contributed by atoms with Crippen molar-refractivity contribution in [3.63, 3.8) is 0 Å². The Morgan fingerprint density at radius 2 is 1.81 bits per heavy atom. The summed E-state index contributed by atoms with van der Waals surface area (Å²) in [4.78, 5) is 24.0. The number of sulfonamides is 1. The molecule has 0 radical (unpaired) electrons. The minimum Gasteiger partial charge on any atom is -0.383 e. The Morgan fingerprint density at radius 1 is 1.19 bits per heavy atom. The first-order valence-corrected chi connectivity index (χ1v) is 10.5. The van der Waals surface area contributed by atoms with Crippen molar-refractivity contribution in [1.82, 2.24) is 14.9 Å². The number of nitrogens with one attached hydrogen (secondary N) is 2. The van der Waals surface area contributed by atoms with E-state index in [1.54, 1.807) is 0 Å². The Morgan fingerprint density at radius 3 is 2.41 bits per heavy atom. The number of piperidine rings is 1. The summed E-state index contributed by atoms with van der Waals surface area (Å²) < 4.78 is 31.5. The van der Waals surface area contributed by atoms with Crippen LogP contribution in [-0.2, 0) is 24.3 Å². The lowest BCUT2D eigenvalue weighted by Crippen LogP contribution is -2.45. The monoisotopic (exact) mass is 417 g/mol. The van der Waals surface area contributed by atoms with Gasteiger partial charge in [0.05, 0.1) is 18.0 Å². The molecule has 1 aliphatic heterocycles. The standard InChI is InChI=1S/C17H24ClN3O5S/c1-26-11-8-19-16(22)12-20-17(23)13-6-9-21(10-7-13)27(24,25)15-4-2-14(18)3-5-15/h2-5,13H,6-12H2,1H3,(H,19,22)(H,20,23). The van der Waals surface area contributed by atoms with Crippen LogP contribution in [0.2, 0.25) is 5.02 Å². The molecular formula is C17H24ClN3O5S. The van der Waals surface area contributed by atoms with Crippen molar-refractivity contribution < 1.29 is 22.7 Å². The quantitative estimate of drug-likeness (QED) is 0.603. The van der Waals surface area contributed by atoms with E-state index in [1.807, 2.05) is 0 Å². The van der Waals surface area contributed by atoms with Crippen LogP contribution in [0, 0.1) is 5.92 Å². The Hall–Kier alpha value is -1.68. The molecule has 0 spiro atoms. The van der Waals surface area contributed by atoms with E-state index in [4.69, 9.17) is 16.3 Å². The zero-order valence-electron chi connectivity index (χ0n) is 15.1. The molecule has 0 aromatic heterocycles. The minimum atomic E-state index is -3.60. The van der Waals surface area contributed by atoms with Gasteiger partial charge >= 0.3 is 0 Å². The number of hydrogen-bond donors (Lipinski definition) is 2. The van der Waals surface area contributed by atoms with Gasteiger partial charge in [-0.1, -0.05) is 11.6 Å². The second-order valence-electron chi connectivity index (χ2n) is 6.19. The molecule has 2 amide bonds. The van der Waals surface area contributed by atoms with Crippen LogP contribution in [0.25, 0.3) is 0 Å². The Balaban J connectivity index is 1.81. The number of nitrogens with zero attached hydrogens (tertiary/aromatic N) is 1. The average Bonchev–Trinajstić information content (AvgIpc) is 2.67. The molecule has 2 rings (SSSR count). The second kappa shape index (κ2) is 10.0. The normalized spacial score (nSPS) is 16.1. The summed E-state index contributed by atoms with van der Waals surface area (Å²) in [6, 6.07) is 6.01. The molecule has 10 heteroatoms. The van der Waals surface area contributed by atoms with Crippen LogP contribution in [0.1, 0.15) is 12.8 Å². The Kier molecular flexibility index (Phi) is 8.03. The number of ether oxygens (including phenoxy) is 1. The molecule has 150 valence electrons. The molecule has 8 nitrogen and oxygen atoms in total. The average molecular weight is 418 g/mol. The van der Waals surface area contributed by atoms with E-state index < -0.39 is 10.0 Å². The van der Waals surface area contributed by atoms with Crippen molar-refractivity contribution in [1.29, 1.82) is 0 Å². The SMILES string of the molecule is COCCNC(=O)CNC(=O)C1CCN(S(=O)(=O)c2ccc(Cl)cc2)CC1. The third kappa shape index (κ3) is 6.17. The molecule has 27 heavy (non-hydrogen) atoms. The van der Waals surface area contributed by atoms with Gasteiger partial charge in [0, 0.05) is 37.7 Å². The van der Waals surface area contributed by atoms with E-state index in [9.17, 15) is 18.0 Å². The van der Waals surface area contributed by atoms with E-state index in [0.717, 1.165) is 0 Å². The maximum atomic E-state index is 12.6. The zero-order chi connectivity index (χ0) is 19.9. The lowest BCUT2D eigenvalue weighted by atomic mass is 9.97. The van der Waals surface area contributed by atoms with Gasteiger partial charge in [-0.2, -0.15) is 4.31 Å². The number of methoxy groups -OCH3 is 1. The highest BCUT2D eigenvalue weighted by molar-refractivity contribution is 7.89. The van der Waals surface area contributed by atoms with E-state index in [2.05, 4.69) is 10.6 Å². The Bertz CT molecular complexity index is 746. The third-order valence-electron chi connectivity index (χ3n) is 4.33. The Labute approximate surface area is 164 Å². The van der Waals surface area contributed by atoms with Crippen molar-refractivity contribution in [3.8, 4) is 0 Å². The molecule has 0 saturated carbocycles. The fourth-order valence-corrected chi connectivity index (χ4v) is 4.38. The van der Waals surface area contributed by atoms with Gasteiger partial charge in [0.25, 0.3) is 0 Å². The maximum Gasteiger partial charge on any atom is 0.243 e. The molecule has 1 heterocycles. The van der Waals surface area contributed by atoms with Crippen LogP contribution >= 0.6 is 11.6 Å². The third-order valence-corrected chi connectivity index (χ3v) is 6.49. The van der Waals surface area contributed by atoms with Gasteiger partial charge in [0.1, 0.15) is 0 Å². The van der Waals surface area contributed by atoms with Crippen LogP contribution in [0.5, 0.6) is 0 Å². The van der Waals surface area contributed by atoms with Crippen molar-refractivity contribution in [2.75, 3.05) is 39.9 Å². The van der Waals surface area contributed by atoms with Crippen molar-refractivity contribution in [2.45, 2.75) is 17.7 Å². The number of hydrogen-bond acceptors (Lipinski definition) is 5. The second-order valence-corrected chi connectivity index (χ2v) is 8.57. The van der Waals surface area contributed by atoms with Gasteiger partial charge in [-0.25, -0.2) is 8.42 Å². The molecule has 2 N–H and O–H groups in total. The predicted octanol–water partition coefficient (Wildman–Crippen LogP) is 0.620. The number of halogens is 1. The summed E-state index contributed by atoms with van der Waals surface area (Å²) in [5.74, 6) is -0.836. The molecule has 1 aromatic rings. The highest BCUT2D eigenvalue weighted by atomic mass is 35.5. The molecule has 1 aromatic carbocycles. The lowest BCUT2D eigenvalue weighted by molar-refractivity contribution is -0.129. The zero-order valence-corrected chi connectivity index (χ0v) is 16.7. The smallest absolute Gasteiger partial charge is 0.243 e. The van der Waals surface area contributed by atoms with Gasteiger partial charge < -0.3 is 15.4 Å². The fourth-order valence-electron chi connectivity index (χ4n) is 2.78. The molecule has 0 atom stereocenters. The number of amides is 2. The van der Waals surface area contributed by atoms with Gasteiger partial charge in [-0.05, 0) is 37.1 Å². The molecular weight excluding hydrogens is 394 g/mol. The highest BCUT2D eigenvalue weighted by Gasteiger charge is 2.32. The van der Waals surface area contributed by atoms with E-state index >= 15 is 0 Å². The minimum absolute atomic E-state index is 0.105. The molecule has 1 aliphatic rings. The van der Waals surface area contributed by atoms with Crippen LogP contribution in [0.15, 0.2) is 29.2 Å². The lowest BCUT2D eigenvalue weighted by Gasteiger charge is -2.30. The van der Waals surface area contributed by atoms with Crippen molar-refractivity contribution in [3.05, 3.63) is 29.3 Å². The van der Waals surface area contributed by atoms with Crippen LogP contribution < -0.4 is 10.6 Å². The number of carbonyl (C=O) groups excluding carboxylic acids is 2. The van der Waals surface area contributed by atoms with E-state index in [1.165, 1.54) is 35.7 Å². The highest BCUT2D eigenvalue weighted by Crippen LogP contribution is 2.24. The number of benzene rings is 1. The molecule has 0 aliphatic carbocycles. The fraction of sp³-hybridized carbons (Fsp3) is 0.529. The van der Waals surface area contributed by atoms with Gasteiger partial charge in [-0.15, -0.1) is 0 Å². The first-order valence-electron chi connectivity index (χ1n) is 8.63. The summed E-state index contributed by atoms with van der Waals surface area (Å²) in [7, 11) is -2.06. The largest absolute Gasteiger partial charge is 0.383 e. The van der Waals surface area contributed by atoms with Gasteiger partial charge in [-0.3, -0.25) is 9.59 Å². The molecule has 0 bridgehead atoms. The molecule has 1 fully saturated rings. The summed E-state index contributed by atoms with van der Waals surface area (Å²) in [5.41, 5.74) is 0. The summed E-state index contributed by atoms with van der Waals surface area (Å²) in [5, 5.41) is 5.68. The predicted molar refractivity (Wildman–Crippen MR) is 101 cm³/mol. The summed E-state index contributed by atoms with van der Waals surface area (Å²) in [6.45, 7) is 1.18. The van der Waals surface area contributed by atoms with Crippen LogP contribution in [0.4, 0.5) is 0 Å². The van der Waals surface area contributed by atoms with E-state index in [-0.39, 0.29) is 42.3 Å². The number of carbonyl (C=O) groups is 2. The van der Waals surface area contributed by atoms with Crippen LogP contribution in [0.3, 0.4) is 0 Å². The number of rotatable bonds is 8. The first kappa shape index (κ1) is 21.6. The van der Waals surface area contributed by atoms with Crippen molar-refractivity contribution >= 4 is 33.4 Å². The first-order chi connectivity index (χ1) is 12.8. The van der Waals surface area contributed by atoms with E-state index in [0.29, 0.717) is 31.0 Å². The summed E-state index contributed by atoms with van der Waals surface area (Å²) in [6.07, 6.45) is 0.813. The molecule has 1 saturated heterocycles. The van der Waals surface area contributed by atoms with Gasteiger partial charge in [0.2, 0.25) is 21.8 Å². The summed E-state index contributed by atoms with van der Waals surface area (Å²) >= 11 is 5.80. The van der Waals surface area contributed by atoms with Crippen LogP contribution in [-0.4, -0.2) is 64.4 Å². The topological polar surface area (TPSA) is 105 Å². The van der Waals surface area contributed by atoms with Crippen molar-refractivity contribution in [2.24, 2.45) is 5.92 Å².